The summed E-state index contributed by atoms with van der Waals surface area (Å²) in [6, 6.07) is 9.88. The van der Waals surface area contributed by atoms with Gasteiger partial charge in [-0.2, -0.15) is 0 Å². The molecule has 0 aliphatic carbocycles. The van der Waals surface area contributed by atoms with E-state index < -0.39 is 0 Å². The number of rotatable bonds is 9. The summed E-state index contributed by atoms with van der Waals surface area (Å²) >= 11 is 6.59. The summed E-state index contributed by atoms with van der Waals surface area (Å²) in [5, 5.41) is 0. The Kier molecular flexibility index (Phi) is 8.71. The molecule has 0 saturated carbocycles. The van der Waals surface area contributed by atoms with Gasteiger partial charge >= 0.3 is 5.97 Å². The minimum atomic E-state index is -0.233. The van der Waals surface area contributed by atoms with Crippen molar-refractivity contribution in [3.8, 4) is 0 Å². The number of thiocarbonyl (C=S) groups is 1. The number of hydrogen-bond acceptors (Lipinski definition) is 5. The van der Waals surface area contributed by atoms with Gasteiger partial charge in [0.1, 0.15) is 17.5 Å². The second kappa shape index (κ2) is 11.0. The highest BCUT2D eigenvalue weighted by atomic mass is 32.2. The summed E-state index contributed by atoms with van der Waals surface area (Å²) in [4.78, 5) is 27.6. The van der Waals surface area contributed by atoms with Gasteiger partial charge in [-0.3, -0.25) is 14.5 Å². The van der Waals surface area contributed by atoms with Crippen molar-refractivity contribution in [3.63, 3.8) is 0 Å². The summed E-state index contributed by atoms with van der Waals surface area (Å²) in [6.07, 6.45) is 6.40. The van der Waals surface area contributed by atoms with E-state index >= 15 is 0 Å². The number of carbonyl (C=O) groups excluding carboxylic acids is 2. The number of quaternary nitrogens is 1. The number of nitrogens with one attached hydrogen (secondary N) is 1. The molecule has 1 aliphatic heterocycles. The number of nitrogens with zero attached hydrogens (tertiary/aromatic N) is 1. The molecule has 0 aromatic heterocycles. The predicted octanol–water partition coefficient (Wildman–Crippen LogP) is 1.91. The molecule has 0 spiro atoms. The maximum Gasteiger partial charge on any atom is 0.306 e. The van der Waals surface area contributed by atoms with Crippen LogP contribution in [0.25, 0.3) is 6.08 Å². The predicted molar refractivity (Wildman–Crippen MR) is 113 cm³/mol. The zero-order valence-corrected chi connectivity index (χ0v) is 17.3. The summed E-state index contributed by atoms with van der Waals surface area (Å²) in [5.74, 6) is -0.338. The number of allylic oxidation sites excluding steroid dienone is 2. The molecule has 1 amide bonds. The second-order valence-corrected chi connectivity index (χ2v) is 8.08. The van der Waals surface area contributed by atoms with Gasteiger partial charge in [0.25, 0.3) is 5.91 Å². The minimum absolute atomic E-state index is 0.104. The van der Waals surface area contributed by atoms with Crippen LogP contribution in [0.2, 0.25) is 0 Å². The molecule has 0 atom stereocenters. The van der Waals surface area contributed by atoms with E-state index in [9.17, 15) is 9.59 Å². The first-order valence-electron chi connectivity index (χ1n) is 8.89. The summed E-state index contributed by atoms with van der Waals surface area (Å²) in [5.41, 5.74) is 1.07. The van der Waals surface area contributed by atoms with E-state index in [1.165, 1.54) is 16.7 Å². The molecule has 7 heteroatoms. The van der Waals surface area contributed by atoms with Crippen LogP contribution in [0, 0.1) is 0 Å². The largest absolute Gasteiger partial charge is 0.460 e. The Bertz CT molecular complexity index is 730. The fraction of sp³-hybridized carbons (Fsp3) is 0.350. The number of hydrogen-bond donors (Lipinski definition) is 1. The van der Waals surface area contributed by atoms with Crippen molar-refractivity contribution >= 4 is 46.3 Å². The average molecular weight is 406 g/mol. The van der Waals surface area contributed by atoms with Crippen molar-refractivity contribution in [1.82, 2.24) is 4.90 Å². The zero-order valence-electron chi connectivity index (χ0n) is 15.6. The Morgan fingerprint density at radius 1 is 1.30 bits per heavy atom. The van der Waals surface area contributed by atoms with E-state index in [-0.39, 0.29) is 18.3 Å². The first-order valence-corrected chi connectivity index (χ1v) is 10.1. The highest BCUT2D eigenvalue weighted by Gasteiger charge is 2.31. The van der Waals surface area contributed by atoms with Gasteiger partial charge in [0.05, 0.1) is 19.0 Å². The fourth-order valence-corrected chi connectivity index (χ4v) is 3.60. The number of likely N-dealkylation sites (N-methyl/N-ethyl adjacent to an activating group) is 1. The molecule has 1 aromatic rings. The molecule has 1 saturated heterocycles. The third kappa shape index (κ3) is 7.28. The topological polar surface area (TPSA) is 51.1 Å². The summed E-state index contributed by atoms with van der Waals surface area (Å²) in [6.45, 7) is 1.62. The van der Waals surface area contributed by atoms with Crippen molar-refractivity contribution < 1.29 is 19.2 Å². The summed E-state index contributed by atoms with van der Waals surface area (Å²) in [7, 11) is 4.01. The lowest BCUT2D eigenvalue weighted by Crippen LogP contribution is -3.06. The van der Waals surface area contributed by atoms with Crippen molar-refractivity contribution in [1.29, 1.82) is 0 Å². The van der Waals surface area contributed by atoms with E-state index in [1.54, 1.807) is 11.0 Å². The third-order valence-corrected chi connectivity index (χ3v) is 5.23. The van der Waals surface area contributed by atoms with E-state index in [0.29, 0.717) is 28.8 Å². The Labute approximate surface area is 170 Å². The van der Waals surface area contributed by atoms with Crippen LogP contribution < -0.4 is 4.90 Å². The molecular weight excluding hydrogens is 380 g/mol. The third-order valence-electron chi connectivity index (χ3n) is 3.84. The van der Waals surface area contributed by atoms with Crippen LogP contribution in [-0.4, -0.2) is 54.9 Å². The van der Waals surface area contributed by atoms with Gasteiger partial charge in [-0.25, -0.2) is 0 Å². The second-order valence-electron chi connectivity index (χ2n) is 6.41. The number of ether oxygens (including phenoxy) is 1. The SMILES string of the molecule is C[NH+](C)CCOC(=O)CCCN1C(=O)/C(=C/C=C/c2ccccc2)SC1=S. The molecule has 2 rings (SSSR count). The molecule has 1 aromatic carbocycles. The molecule has 0 bridgehead atoms. The number of carbonyl (C=O) groups is 2. The van der Waals surface area contributed by atoms with Crippen molar-refractivity contribution in [2.75, 3.05) is 33.8 Å². The fourth-order valence-electron chi connectivity index (χ4n) is 2.34. The maximum absolute atomic E-state index is 12.5. The number of amides is 1. The monoisotopic (exact) mass is 405 g/mol. The quantitative estimate of drug-likeness (QED) is 0.386. The molecule has 1 aliphatic rings. The molecule has 1 N–H and O–H groups in total. The highest BCUT2D eigenvalue weighted by molar-refractivity contribution is 8.26. The van der Waals surface area contributed by atoms with E-state index in [4.69, 9.17) is 17.0 Å². The van der Waals surface area contributed by atoms with Crippen molar-refractivity contribution in [2.45, 2.75) is 12.8 Å². The van der Waals surface area contributed by atoms with Gasteiger partial charge in [-0.1, -0.05) is 66.5 Å². The van der Waals surface area contributed by atoms with Crippen molar-refractivity contribution in [2.24, 2.45) is 0 Å². The Morgan fingerprint density at radius 2 is 2.04 bits per heavy atom. The summed E-state index contributed by atoms with van der Waals surface area (Å²) < 4.78 is 5.70. The minimum Gasteiger partial charge on any atom is -0.460 e. The molecule has 0 unspecified atom stereocenters. The smallest absolute Gasteiger partial charge is 0.306 e. The first kappa shape index (κ1) is 21.3. The highest BCUT2D eigenvalue weighted by Crippen LogP contribution is 2.31. The molecule has 0 radical (unpaired) electrons. The van der Waals surface area contributed by atoms with E-state index in [0.717, 1.165) is 12.1 Å². The zero-order chi connectivity index (χ0) is 19.6. The Hall–Kier alpha value is -1.96. The van der Waals surface area contributed by atoms with Crippen LogP contribution in [0.3, 0.4) is 0 Å². The number of benzene rings is 1. The van der Waals surface area contributed by atoms with E-state index in [2.05, 4.69) is 0 Å². The molecule has 144 valence electrons. The van der Waals surface area contributed by atoms with Gasteiger partial charge in [-0.15, -0.1) is 0 Å². The Balaban J connectivity index is 1.79. The molecule has 1 fully saturated rings. The van der Waals surface area contributed by atoms with Crippen LogP contribution in [0.4, 0.5) is 0 Å². The number of thioether (sulfide) groups is 1. The van der Waals surface area contributed by atoms with Crippen LogP contribution in [0.5, 0.6) is 0 Å². The van der Waals surface area contributed by atoms with Gasteiger partial charge in [-0.05, 0) is 18.1 Å². The van der Waals surface area contributed by atoms with Crippen LogP contribution in [0.1, 0.15) is 18.4 Å². The van der Waals surface area contributed by atoms with Gasteiger partial charge in [0, 0.05) is 13.0 Å². The Morgan fingerprint density at radius 3 is 2.74 bits per heavy atom. The molecule has 27 heavy (non-hydrogen) atoms. The first-order chi connectivity index (χ1) is 13.0. The van der Waals surface area contributed by atoms with Crippen LogP contribution in [0.15, 0.2) is 47.4 Å². The normalized spacial score (nSPS) is 16.1. The lowest BCUT2D eigenvalue weighted by atomic mass is 10.2. The van der Waals surface area contributed by atoms with Gasteiger partial charge < -0.3 is 9.64 Å². The van der Waals surface area contributed by atoms with Crippen molar-refractivity contribution in [3.05, 3.63) is 53.0 Å². The maximum atomic E-state index is 12.5. The number of esters is 1. The van der Waals surface area contributed by atoms with Gasteiger partial charge in [0.15, 0.2) is 0 Å². The van der Waals surface area contributed by atoms with Crippen LogP contribution in [-0.2, 0) is 14.3 Å². The standard InChI is InChI=1S/C20H24N2O3S2/c1-21(2)14-15-25-18(23)12-7-13-22-19(24)17(27-20(22)26)11-6-10-16-8-4-3-5-9-16/h3-6,8-11H,7,12-15H2,1-2H3/p+1/b10-6+,17-11-. The van der Waals surface area contributed by atoms with E-state index in [1.807, 2.05) is 56.6 Å². The van der Waals surface area contributed by atoms with Crippen LogP contribution >= 0.6 is 24.0 Å². The molecule has 1 heterocycles. The molecular formula is C20H25N2O3S2+. The lowest BCUT2D eigenvalue weighted by molar-refractivity contribution is -0.858. The molecule has 5 nitrogen and oxygen atoms in total. The van der Waals surface area contributed by atoms with Gasteiger partial charge in [0.2, 0.25) is 0 Å². The average Bonchev–Trinajstić information content (AvgIpc) is 2.90. The lowest BCUT2D eigenvalue weighted by Gasteiger charge is -2.14.